The third kappa shape index (κ3) is 8.53. The Hall–Kier alpha value is -4.95. The van der Waals surface area contributed by atoms with Gasteiger partial charge in [0, 0.05) is 36.4 Å². The van der Waals surface area contributed by atoms with Crippen LogP contribution in [0, 0.1) is 0 Å². The van der Waals surface area contributed by atoms with Crippen molar-refractivity contribution in [3.8, 4) is 23.0 Å². The number of nitrogens with one attached hydrogen (secondary N) is 2. The molecule has 0 saturated carbocycles. The Morgan fingerprint density at radius 3 is 1.81 bits per heavy atom. The SMILES string of the molecule is C.C.CNc1ccc(Oc2ccccc2)cc1N.Cn1c(Nc2ccc(Br)cc2)nc2cc(Oc3ccccc3)ccc21. The first-order valence-corrected chi connectivity index (χ1v) is 13.8. The van der Waals surface area contributed by atoms with Crippen molar-refractivity contribution in [2.45, 2.75) is 14.9 Å². The second-order valence-electron chi connectivity index (χ2n) is 9.11. The van der Waals surface area contributed by atoms with Crippen molar-refractivity contribution in [2.75, 3.05) is 23.4 Å². The lowest BCUT2D eigenvalue weighted by Crippen LogP contribution is -1.98. The van der Waals surface area contributed by atoms with E-state index < -0.39 is 0 Å². The molecule has 6 rings (SSSR count). The largest absolute Gasteiger partial charge is 0.457 e. The Balaban J connectivity index is 0.000000246. The summed E-state index contributed by atoms with van der Waals surface area (Å²) in [5, 5.41) is 6.35. The van der Waals surface area contributed by atoms with Gasteiger partial charge in [-0.25, -0.2) is 4.98 Å². The van der Waals surface area contributed by atoms with E-state index in [2.05, 4.69) is 26.6 Å². The molecule has 0 radical (unpaired) electrons. The third-order valence-corrected chi connectivity index (χ3v) is 6.73. The van der Waals surface area contributed by atoms with Crippen LogP contribution in [0.1, 0.15) is 14.9 Å². The quantitative estimate of drug-likeness (QED) is 0.151. The summed E-state index contributed by atoms with van der Waals surface area (Å²) in [5.41, 5.74) is 10.3. The molecule has 5 aromatic carbocycles. The number of aromatic nitrogens is 2. The first-order valence-electron chi connectivity index (χ1n) is 13.0. The number of halogens is 1. The highest BCUT2D eigenvalue weighted by atomic mass is 79.9. The average molecular weight is 641 g/mol. The number of nitrogens with zero attached hydrogens (tertiary/aromatic N) is 2. The van der Waals surface area contributed by atoms with E-state index in [-0.39, 0.29) is 14.9 Å². The first kappa shape index (κ1) is 32.6. The lowest BCUT2D eigenvalue weighted by atomic mass is 10.2. The molecule has 0 bridgehead atoms. The Kier molecular flexibility index (Phi) is 11.6. The zero-order valence-corrected chi connectivity index (χ0v) is 24.3. The minimum Gasteiger partial charge on any atom is -0.457 e. The number of fused-ring (bicyclic) bond motifs is 1. The van der Waals surface area contributed by atoms with E-state index >= 15 is 0 Å². The van der Waals surface area contributed by atoms with E-state index in [1.165, 1.54) is 0 Å². The molecule has 0 unspecified atom stereocenters. The number of imidazole rings is 1. The smallest absolute Gasteiger partial charge is 0.208 e. The summed E-state index contributed by atoms with van der Waals surface area (Å²) in [6, 6.07) is 38.9. The maximum Gasteiger partial charge on any atom is 0.208 e. The fourth-order valence-corrected chi connectivity index (χ4v) is 4.36. The summed E-state index contributed by atoms with van der Waals surface area (Å²) in [4.78, 5) is 4.69. The van der Waals surface area contributed by atoms with Crippen LogP contribution in [0.3, 0.4) is 0 Å². The second-order valence-corrected chi connectivity index (χ2v) is 10.0. The van der Waals surface area contributed by atoms with Gasteiger partial charge in [0.05, 0.1) is 22.4 Å². The van der Waals surface area contributed by atoms with E-state index in [1.807, 2.05) is 134 Å². The van der Waals surface area contributed by atoms with Crippen LogP contribution in [0.4, 0.5) is 23.0 Å². The maximum absolute atomic E-state index is 5.89. The predicted molar refractivity (Wildman–Crippen MR) is 185 cm³/mol. The van der Waals surface area contributed by atoms with E-state index in [0.717, 1.165) is 55.8 Å². The normalized spacial score (nSPS) is 9.93. The summed E-state index contributed by atoms with van der Waals surface area (Å²) in [6.45, 7) is 0. The maximum atomic E-state index is 5.89. The van der Waals surface area contributed by atoms with Gasteiger partial charge in [0.2, 0.25) is 5.95 Å². The second kappa shape index (κ2) is 15.3. The third-order valence-electron chi connectivity index (χ3n) is 6.20. The highest BCUT2D eigenvalue weighted by molar-refractivity contribution is 9.10. The van der Waals surface area contributed by atoms with E-state index in [0.29, 0.717) is 5.69 Å². The lowest BCUT2D eigenvalue weighted by molar-refractivity contribution is 0.483. The van der Waals surface area contributed by atoms with Crippen LogP contribution in [-0.4, -0.2) is 16.6 Å². The van der Waals surface area contributed by atoms with Crippen LogP contribution in [0.15, 0.2) is 126 Å². The fraction of sp³-hybridized carbons (Fsp3) is 0.114. The number of ether oxygens (including phenoxy) is 2. The van der Waals surface area contributed by atoms with Crippen molar-refractivity contribution in [3.05, 3.63) is 126 Å². The van der Waals surface area contributed by atoms with Crippen LogP contribution < -0.4 is 25.8 Å². The molecule has 0 atom stereocenters. The highest BCUT2D eigenvalue weighted by Gasteiger charge is 2.10. The Morgan fingerprint density at radius 2 is 1.26 bits per heavy atom. The van der Waals surface area contributed by atoms with E-state index in [9.17, 15) is 0 Å². The predicted octanol–water partition coefficient (Wildman–Crippen LogP) is 10.2. The van der Waals surface area contributed by atoms with Gasteiger partial charge in [-0.15, -0.1) is 0 Å². The molecule has 1 aromatic heterocycles. The number of nitrogen functional groups attached to an aromatic ring is 1. The molecule has 222 valence electrons. The lowest BCUT2D eigenvalue weighted by Gasteiger charge is -2.09. The van der Waals surface area contributed by atoms with Crippen molar-refractivity contribution >= 4 is 50.0 Å². The van der Waals surface area contributed by atoms with Crippen LogP contribution in [-0.2, 0) is 7.05 Å². The summed E-state index contributed by atoms with van der Waals surface area (Å²) in [6.07, 6.45) is 0. The minimum atomic E-state index is 0. The van der Waals surface area contributed by atoms with Gasteiger partial charge >= 0.3 is 0 Å². The molecule has 0 aliphatic carbocycles. The number of benzene rings is 5. The van der Waals surface area contributed by atoms with Crippen LogP contribution in [0.25, 0.3) is 11.0 Å². The molecule has 0 aliphatic heterocycles. The number of nitrogens with two attached hydrogens (primary N) is 1. The number of para-hydroxylation sites is 2. The molecular weight excluding hydrogens is 602 g/mol. The highest BCUT2D eigenvalue weighted by Crippen LogP contribution is 2.29. The monoisotopic (exact) mass is 639 g/mol. The molecule has 7 nitrogen and oxygen atoms in total. The Bertz CT molecular complexity index is 1720. The topological polar surface area (TPSA) is 86.4 Å². The van der Waals surface area contributed by atoms with Crippen molar-refractivity contribution in [1.29, 1.82) is 0 Å². The molecule has 8 heteroatoms. The summed E-state index contributed by atoms with van der Waals surface area (Å²) in [7, 11) is 3.83. The Morgan fingerprint density at radius 1 is 0.698 bits per heavy atom. The van der Waals surface area contributed by atoms with Gasteiger partial charge in [0.25, 0.3) is 0 Å². The summed E-state index contributed by atoms with van der Waals surface area (Å²) >= 11 is 3.45. The zero-order valence-electron chi connectivity index (χ0n) is 22.7. The molecule has 0 spiro atoms. The van der Waals surface area contributed by atoms with Gasteiger partial charge in [-0.05, 0) is 72.8 Å². The van der Waals surface area contributed by atoms with Crippen LogP contribution in [0.2, 0.25) is 0 Å². The van der Waals surface area contributed by atoms with Crippen LogP contribution in [0.5, 0.6) is 23.0 Å². The number of hydrogen-bond acceptors (Lipinski definition) is 6. The first-order chi connectivity index (χ1) is 20.0. The standard InChI is InChI=1S/C20H16BrN3O.C13H14N2O.2CH4/c1-24-19-12-11-17(25-16-5-3-2-4-6-16)13-18(19)23-20(24)22-15-9-7-14(21)8-10-15;1-15-13-8-7-11(9-12(13)14)16-10-5-3-2-4-6-10;;/h2-13H,1H3,(H,22,23);2-9,15H,14H2,1H3;2*1H4. The van der Waals surface area contributed by atoms with Crippen molar-refractivity contribution < 1.29 is 9.47 Å². The van der Waals surface area contributed by atoms with Crippen molar-refractivity contribution in [3.63, 3.8) is 0 Å². The molecular formula is C35H38BrN5O2. The fourth-order valence-electron chi connectivity index (χ4n) is 4.10. The number of anilines is 4. The minimum absolute atomic E-state index is 0. The summed E-state index contributed by atoms with van der Waals surface area (Å²) < 4.78 is 14.6. The summed E-state index contributed by atoms with van der Waals surface area (Å²) in [5.74, 6) is 3.91. The average Bonchev–Trinajstić information content (AvgIpc) is 3.29. The Labute approximate surface area is 262 Å². The van der Waals surface area contributed by atoms with Crippen molar-refractivity contribution in [1.82, 2.24) is 9.55 Å². The molecule has 4 N–H and O–H groups in total. The molecule has 0 aliphatic rings. The molecule has 0 amide bonds. The van der Waals surface area contributed by atoms with Gasteiger partial charge in [0.15, 0.2) is 0 Å². The van der Waals surface area contributed by atoms with Gasteiger partial charge in [-0.3, -0.25) is 0 Å². The zero-order chi connectivity index (χ0) is 28.6. The van der Waals surface area contributed by atoms with E-state index in [4.69, 9.17) is 20.2 Å². The molecule has 43 heavy (non-hydrogen) atoms. The van der Waals surface area contributed by atoms with Gasteiger partial charge < -0.3 is 30.4 Å². The number of rotatable bonds is 7. The van der Waals surface area contributed by atoms with E-state index in [1.54, 1.807) is 6.07 Å². The molecule has 6 aromatic rings. The van der Waals surface area contributed by atoms with Gasteiger partial charge in [0.1, 0.15) is 23.0 Å². The number of hydrogen-bond donors (Lipinski definition) is 3. The van der Waals surface area contributed by atoms with Crippen LogP contribution >= 0.6 is 15.9 Å². The molecule has 0 fully saturated rings. The number of aryl methyl sites for hydroxylation is 1. The van der Waals surface area contributed by atoms with Gasteiger partial charge in [-0.2, -0.15) is 0 Å². The molecule has 1 heterocycles. The van der Waals surface area contributed by atoms with Gasteiger partial charge in [-0.1, -0.05) is 67.2 Å². The van der Waals surface area contributed by atoms with Crippen molar-refractivity contribution in [2.24, 2.45) is 7.05 Å². The molecule has 0 saturated heterocycles.